The van der Waals surface area contributed by atoms with Crippen LogP contribution in [0, 0.1) is 5.82 Å². The molecule has 90 valence electrons. The number of hydrogen-bond donors (Lipinski definition) is 1. The third-order valence-electron chi connectivity index (χ3n) is 1.73. The molecule has 0 spiro atoms. The molecule has 0 saturated carbocycles. The molecule has 0 aliphatic rings. The highest BCUT2D eigenvalue weighted by atomic mass is 35.5. The van der Waals surface area contributed by atoms with E-state index in [-0.39, 0.29) is 23.8 Å². The lowest BCUT2D eigenvalue weighted by molar-refractivity contribution is 0.316. The molecule has 1 aromatic rings. The third-order valence-corrected chi connectivity index (χ3v) is 2.90. The van der Waals surface area contributed by atoms with Gasteiger partial charge in [0.2, 0.25) is 10.0 Å². The van der Waals surface area contributed by atoms with Crippen molar-refractivity contribution in [2.24, 2.45) is 5.14 Å². The number of rotatable bonds is 5. The largest absolute Gasteiger partial charge is 0.493 e. The van der Waals surface area contributed by atoms with Gasteiger partial charge in [-0.3, -0.25) is 0 Å². The van der Waals surface area contributed by atoms with Crippen molar-refractivity contribution in [1.82, 2.24) is 0 Å². The fourth-order valence-electron chi connectivity index (χ4n) is 1.02. The topological polar surface area (TPSA) is 69.4 Å². The van der Waals surface area contributed by atoms with Crippen LogP contribution in [0.2, 0.25) is 5.02 Å². The summed E-state index contributed by atoms with van der Waals surface area (Å²) in [5.74, 6) is -0.440. The van der Waals surface area contributed by atoms with Gasteiger partial charge in [0.25, 0.3) is 0 Å². The highest BCUT2D eigenvalue weighted by molar-refractivity contribution is 7.89. The zero-order valence-corrected chi connectivity index (χ0v) is 9.89. The highest BCUT2D eigenvalue weighted by Crippen LogP contribution is 2.20. The van der Waals surface area contributed by atoms with Gasteiger partial charge in [-0.15, -0.1) is 0 Å². The first-order valence-corrected chi connectivity index (χ1v) is 6.56. The average Bonchev–Trinajstić information content (AvgIpc) is 2.17. The second kappa shape index (κ2) is 5.47. The molecule has 0 aliphatic heterocycles. The van der Waals surface area contributed by atoms with Gasteiger partial charge in [0, 0.05) is 6.07 Å². The normalized spacial score (nSPS) is 11.4. The van der Waals surface area contributed by atoms with E-state index in [2.05, 4.69) is 0 Å². The Hall–Kier alpha value is -0.850. The van der Waals surface area contributed by atoms with E-state index in [1.807, 2.05) is 0 Å². The standard InChI is InChI=1S/C9H11ClFNO3S/c10-8-3-2-7(6-9(8)11)15-4-1-5-16(12,13)14/h2-3,6H,1,4-5H2,(H2,12,13,14). The molecule has 4 nitrogen and oxygen atoms in total. The number of sulfonamides is 1. The predicted octanol–water partition coefficient (Wildman–Crippen LogP) is 1.54. The molecule has 0 aliphatic carbocycles. The van der Waals surface area contributed by atoms with E-state index in [0.717, 1.165) is 6.07 Å². The molecule has 7 heteroatoms. The first-order valence-electron chi connectivity index (χ1n) is 4.47. The summed E-state index contributed by atoms with van der Waals surface area (Å²) >= 11 is 5.48. The van der Waals surface area contributed by atoms with Crippen molar-refractivity contribution in [3.8, 4) is 5.75 Å². The van der Waals surface area contributed by atoms with Crippen LogP contribution in [0.15, 0.2) is 18.2 Å². The SMILES string of the molecule is NS(=O)(=O)CCCOc1ccc(Cl)c(F)c1. The van der Waals surface area contributed by atoms with Crippen LogP contribution in [0.1, 0.15) is 6.42 Å². The van der Waals surface area contributed by atoms with Gasteiger partial charge in [-0.25, -0.2) is 17.9 Å². The molecule has 0 bridgehead atoms. The molecule has 0 saturated heterocycles. The lowest BCUT2D eigenvalue weighted by atomic mass is 10.3. The summed E-state index contributed by atoms with van der Waals surface area (Å²) in [4.78, 5) is 0. The molecule has 0 fully saturated rings. The number of hydrogen-bond acceptors (Lipinski definition) is 3. The van der Waals surface area contributed by atoms with Gasteiger partial charge < -0.3 is 4.74 Å². The second-order valence-corrected chi connectivity index (χ2v) is 5.29. The Morgan fingerprint density at radius 2 is 2.12 bits per heavy atom. The predicted molar refractivity (Wildman–Crippen MR) is 59.5 cm³/mol. The van der Waals surface area contributed by atoms with Crippen LogP contribution < -0.4 is 9.88 Å². The Labute approximate surface area is 98.2 Å². The van der Waals surface area contributed by atoms with Crippen molar-refractivity contribution in [2.75, 3.05) is 12.4 Å². The van der Waals surface area contributed by atoms with Crippen LogP contribution in [0.3, 0.4) is 0 Å². The van der Waals surface area contributed by atoms with Gasteiger partial charge in [-0.1, -0.05) is 11.6 Å². The van der Waals surface area contributed by atoms with Crippen molar-refractivity contribution >= 4 is 21.6 Å². The van der Waals surface area contributed by atoms with Crippen LogP contribution in [-0.2, 0) is 10.0 Å². The molecule has 0 heterocycles. The van der Waals surface area contributed by atoms with Gasteiger partial charge in [-0.2, -0.15) is 0 Å². The van der Waals surface area contributed by atoms with Crippen molar-refractivity contribution in [1.29, 1.82) is 0 Å². The van der Waals surface area contributed by atoms with Crippen molar-refractivity contribution in [2.45, 2.75) is 6.42 Å². The zero-order chi connectivity index (χ0) is 12.2. The van der Waals surface area contributed by atoms with Gasteiger partial charge in [0.05, 0.1) is 17.4 Å². The molecule has 0 unspecified atom stereocenters. The summed E-state index contributed by atoms with van der Waals surface area (Å²) in [7, 11) is -3.47. The van der Waals surface area contributed by atoms with Gasteiger partial charge >= 0.3 is 0 Å². The van der Waals surface area contributed by atoms with Crippen LogP contribution in [-0.4, -0.2) is 20.8 Å². The molecule has 1 rings (SSSR count). The minimum absolute atomic E-state index is 0.0110. The maximum absolute atomic E-state index is 12.9. The number of nitrogens with two attached hydrogens (primary N) is 1. The Morgan fingerprint density at radius 1 is 1.44 bits per heavy atom. The van der Waals surface area contributed by atoms with E-state index in [0.29, 0.717) is 5.75 Å². The lowest BCUT2D eigenvalue weighted by Crippen LogP contribution is -2.18. The Kier molecular flexibility index (Phi) is 4.52. The van der Waals surface area contributed by atoms with Crippen molar-refractivity contribution in [3.63, 3.8) is 0 Å². The maximum atomic E-state index is 12.9. The Balaban J connectivity index is 2.41. The minimum Gasteiger partial charge on any atom is -0.493 e. The summed E-state index contributed by atoms with van der Waals surface area (Å²) in [6.45, 7) is 0.150. The summed E-state index contributed by atoms with van der Waals surface area (Å²) in [5, 5.41) is 4.81. The van der Waals surface area contributed by atoms with Crippen molar-refractivity contribution in [3.05, 3.63) is 29.0 Å². The van der Waals surface area contributed by atoms with E-state index in [9.17, 15) is 12.8 Å². The van der Waals surface area contributed by atoms with Gasteiger partial charge in [0.1, 0.15) is 11.6 Å². The number of halogens is 2. The minimum atomic E-state index is -3.47. The first-order chi connectivity index (χ1) is 7.38. The van der Waals surface area contributed by atoms with E-state index in [1.54, 1.807) is 0 Å². The fraction of sp³-hybridized carbons (Fsp3) is 0.333. The molecular weight excluding hydrogens is 257 g/mol. The van der Waals surface area contributed by atoms with Crippen LogP contribution in [0.25, 0.3) is 0 Å². The van der Waals surface area contributed by atoms with E-state index >= 15 is 0 Å². The smallest absolute Gasteiger partial charge is 0.209 e. The van der Waals surface area contributed by atoms with E-state index < -0.39 is 15.8 Å². The third kappa shape index (κ3) is 4.78. The molecule has 0 atom stereocenters. The zero-order valence-electron chi connectivity index (χ0n) is 8.32. The molecular formula is C9H11ClFNO3S. The Morgan fingerprint density at radius 3 is 2.69 bits per heavy atom. The van der Waals surface area contributed by atoms with Crippen LogP contribution >= 0.6 is 11.6 Å². The molecule has 1 aromatic carbocycles. The second-order valence-electron chi connectivity index (χ2n) is 3.14. The van der Waals surface area contributed by atoms with E-state index in [4.69, 9.17) is 21.5 Å². The summed E-state index contributed by atoms with van der Waals surface area (Å²) in [5.41, 5.74) is 0. The van der Waals surface area contributed by atoms with E-state index in [1.165, 1.54) is 12.1 Å². The molecule has 16 heavy (non-hydrogen) atoms. The molecule has 0 radical (unpaired) electrons. The summed E-state index contributed by atoms with van der Waals surface area (Å²) in [6.07, 6.45) is 0.253. The Bertz CT molecular complexity index is 464. The summed E-state index contributed by atoms with van der Waals surface area (Å²) < 4.78 is 39.2. The van der Waals surface area contributed by atoms with Crippen molar-refractivity contribution < 1.29 is 17.5 Å². The van der Waals surface area contributed by atoms with Gasteiger partial charge in [-0.05, 0) is 18.6 Å². The van der Waals surface area contributed by atoms with Crippen LogP contribution in [0.5, 0.6) is 5.75 Å². The number of benzene rings is 1. The number of ether oxygens (including phenoxy) is 1. The van der Waals surface area contributed by atoms with Gasteiger partial charge in [0.15, 0.2) is 0 Å². The summed E-state index contributed by atoms with van der Waals surface area (Å²) in [6, 6.07) is 4.01. The fourth-order valence-corrected chi connectivity index (χ4v) is 1.65. The number of primary sulfonamides is 1. The monoisotopic (exact) mass is 267 g/mol. The quantitative estimate of drug-likeness (QED) is 0.823. The average molecular weight is 268 g/mol. The molecule has 2 N–H and O–H groups in total. The maximum Gasteiger partial charge on any atom is 0.209 e. The molecule has 0 amide bonds. The molecule has 0 aromatic heterocycles. The first kappa shape index (κ1) is 13.2. The van der Waals surface area contributed by atoms with Crippen LogP contribution in [0.4, 0.5) is 4.39 Å². The highest BCUT2D eigenvalue weighted by Gasteiger charge is 2.04. The lowest BCUT2D eigenvalue weighted by Gasteiger charge is -2.05.